The molecular weight excluding hydrogens is 647 g/mol. The molecule has 0 amide bonds. The molecule has 0 N–H and O–H groups in total. The van der Waals surface area contributed by atoms with E-state index in [2.05, 4.69) is 146 Å². The van der Waals surface area contributed by atoms with Gasteiger partial charge in [0.1, 0.15) is 11.2 Å². The molecular formula is C49H31N3O. The van der Waals surface area contributed by atoms with E-state index in [1.807, 2.05) is 42.5 Å². The second-order valence-corrected chi connectivity index (χ2v) is 13.3. The van der Waals surface area contributed by atoms with Crippen LogP contribution in [0.1, 0.15) is 0 Å². The van der Waals surface area contributed by atoms with E-state index in [9.17, 15) is 0 Å². The molecule has 0 radical (unpaired) electrons. The lowest BCUT2D eigenvalue weighted by Gasteiger charge is -2.11. The number of fused-ring (bicyclic) bond motifs is 4. The van der Waals surface area contributed by atoms with Gasteiger partial charge in [-0.25, -0.2) is 15.0 Å². The highest BCUT2D eigenvalue weighted by Gasteiger charge is 2.15. The summed E-state index contributed by atoms with van der Waals surface area (Å²) in [4.78, 5) is 15.2. The molecule has 10 rings (SSSR count). The fourth-order valence-electron chi connectivity index (χ4n) is 7.24. The first-order valence-corrected chi connectivity index (χ1v) is 17.8. The van der Waals surface area contributed by atoms with Crippen LogP contribution in [-0.2, 0) is 0 Å². The molecule has 4 heteroatoms. The van der Waals surface area contributed by atoms with Gasteiger partial charge in [0, 0.05) is 27.5 Å². The van der Waals surface area contributed by atoms with Crippen LogP contribution in [0.25, 0.3) is 100 Å². The van der Waals surface area contributed by atoms with Crippen LogP contribution >= 0.6 is 0 Å². The first-order valence-electron chi connectivity index (χ1n) is 17.8. The van der Waals surface area contributed by atoms with Crippen molar-refractivity contribution in [1.82, 2.24) is 15.0 Å². The number of hydrogen-bond acceptors (Lipinski definition) is 4. The first-order chi connectivity index (χ1) is 26.2. The molecule has 10 aromatic rings. The van der Waals surface area contributed by atoms with Gasteiger partial charge in [-0.15, -0.1) is 0 Å². The molecule has 0 saturated carbocycles. The third-order valence-corrected chi connectivity index (χ3v) is 9.93. The Morgan fingerprint density at radius 1 is 0.283 bits per heavy atom. The minimum Gasteiger partial charge on any atom is -0.456 e. The fourth-order valence-corrected chi connectivity index (χ4v) is 7.24. The molecule has 248 valence electrons. The molecule has 53 heavy (non-hydrogen) atoms. The fraction of sp³-hybridized carbons (Fsp3) is 0. The third kappa shape index (κ3) is 5.73. The average molecular weight is 678 g/mol. The number of furan rings is 1. The van der Waals surface area contributed by atoms with Crippen molar-refractivity contribution in [2.45, 2.75) is 0 Å². The Labute approximate surface area is 306 Å². The van der Waals surface area contributed by atoms with E-state index in [1.54, 1.807) is 0 Å². The molecule has 0 saturated heterocycles. The summed E-state index contributed by atoms with van der Waals surface area (Å²) in [6.07, 6.45) is 0. The molecule has 0 unspecified atom stereocenters. The van der Waals surface area contributed by atoms with Crippen molar-refractivity contribution in [3.63, 3.8) is 0 Å². The van der Waals surface area contributed by atoms with Crippen molar-refractivity contribution in [2.75, 3.05) is 0 Å². The van der Waals surface area contributed by atoms with E-state index in [0.717, 1.165) is 55.1 Å². The van der Waals surface area contributed by atoms with Gasteiger partial charge in [-0.3, -0.25) is 0 Å². The lowest BCUT2D eigenvalue weighted by atomic mass is 9.96. The molecule has 0 fully saturated rings. The maximum Gasteiger partial charge on any atom is 0.164 e. The van der Waals surface area contributed by atoms with E-state index in [0.29, 0.717) is 17.5 Å². The van der Waals surface area contributed by atoms with Crippen LogP contribution < -0.4 is 0 Å². The van der Waals surface area contributed by atoms with Crippen molar-refractivity contribution in [3.8, 4) is 67.5 Å². The first kappa shape index (κ1) is 30.6. The predicted molar refractivity (Wildman–Crippen MR) is 217 cm³/mol. The summed E-state index contributed by atoms with van der Waals surface area (Å²) in [5.74, 6) is 1.87. The lowest BCUT2D eigenvalue weighted by Crippen LogP contribution is -2.00. The summed E-state index contributed by atoms with van der Waals surface area (Å²) in [7, 11) is 0. The minimum atomic E-state index is 0.616. The molecule has 0 aliphatic rings. The van der Waals surface area contributed by atoms with Crippen molar-refractivity contribution >= 4 is 32.7 Å². The van der Waals surface area contributed by atoms with Crippen LogP contribution in [0.15, 0.2) is 192 Å². The second kappa shape index (κ2) is 12.9. The van der Waals surface area contributed by atoms with Gasteiger partial charge in [0.15, 0.2) is 17.5 Å². The van der Waals surface area contributed by atoms with E-state index in [-0.39, 0.29) is 0 Å². The largest absolute Gasteiger partial charge is 0.456 e. The number of hydrogen-bond donors (Lipinski definition) is 0. The van der Waals surface area contributed by atoms with Gasteiger partial charge < -0.3 is 4.42 Å². The Hall–Kier alpha value is -7.17. The molecule has 8 aromatic carbocycles. The quantitative estimate of drug-likeness (QED) is 0.176. The van der Waals surface area contributed by atoms with Crippen LogP contribution in [0.3, 0.4) is 0 Å². The monoisotopic (exact) mass is 677 g/mol. The normalized spacial score (nSPS) is 11.4. The SMILES string of the molecule is c1ccc(-c2ccc3oc4cc(-c5cccc(-c6nc(-c7ccccc7)nc(-c7ccc8cccc(-c9ccccc9)c8c7)n6)c5)ccc4c3c2)cc1. The van der Waals surface area contributed by atoms with Crippen LogP contribution in [0.2, 0.25) is 0 Å². The van der Waals surface area contributed by atoms with Crippen LogP contribution in [0.5, 0.6) is 0 Å². The molecule has 0 aliphatic heterocycles. The van der Waals surface area contributed by atoms with Crippen molar-refractivity contribution < 1.29 is 4.42 Å². The Kier molecular flexibility index (Phi) is 7.43. The topological polar surface area (TPSA) is 51.8 Å². The zero-order valence-electron chi connectivity index (χ0n) is 28.6. The van der Waals surface area contributed by atoms with Gasteiger partial charge in [-0.2, -0.15) is 0 Å². The van der Waals surface area contributed by atoms with Gasteiger partial charge >= 0.3 is 0 Å². The van der Waals surface area contributed by atoms with Gasteiger partial charge in [-0.1, -0.05) is 152 Å². The van der Waals surface area contributed by atoms with Gasteiger partial charge in [0.05, 0.1) is 0 Å². The smallest absolute Gasteiger partial charge is 0.164 e. The molecule has 2 heterocycles. The third-order valence-electron chi connectivity index (χ3n) is 9.93. The Morgan fingerprint density at radius 3 is 1.57 bits per heavy atom. The standard InChI is InChI=1S/C49H31N3O/c1-4-12-32(13-5-1)37-25-27-45-44(29-37)42-26-24-38(31-46(42)53-45)36-19-10-20-39(28-36)48-50-47(35-16-8-3-9-17-35)51-49(52-48)40-23-22-34-18-11-21-41(43(34)30-40)33-14-6-2-7-15-33/h1-31H. The summed E-state index contributed by atoms with van der Waals surface area (Å²) in [5.41, 5.74) is 11.3. The number of rotatable bonds is 6. The van der Waals surface area contributed by atoms with Gasteiger partial charge in [-0.05, 0) is 80.6 Å². The van der Waals surface area contributed by atoms with E-state index in [1.165, 1.54) is 27.6 Å². The summed E-state index contributed by atoms with van der Waals surface area (Å²) in [6, 6.07) is 65.2. The van der Waals surface area contributed by atoms with Crippen molar-refractivity contribution in [2.24, 2.45) is 0 Å². The average Bonchev–Trinajstić information content (AvgIpc) is 3.61. The van der Waals surface area contributed by atoms with Crippen LogP contribution in [0, 0.1) is 0 Å². The predicted octanol–water partition coefficient (Wildman–Crippen LogP) is 12.9. The molecule has 0 spiro atoms. The Balaban J connectivity index is 1.07. The maximum atomic E-state index is 6.38. The van der Waals surface area contributed by atoms with E-state index < -0.39 is 0 Å². The maximum absolute atomic E-state index is 6.38. The van der Waals surface area contributed by atoms with Crippen LogP contribution in [0.4, 0.5) is 0 Å². The highest BCUT2D eigenvalue weighted by molar-refractivity contribution is 6.07. The molecule has 0 atom stereocenters. The lowest BCUT2D eigenvalue weighted by molar-refractivity contribution is 0.669. The highest BCUT2D eigenvalue weighted by Crippen LogP contribution is 2.37. The second-order valence-electron chi connectivity index (χ2n) is 13.3. The highest BCUT2D eigenvalue weighted by atomic mass is 16.3. The van der Waals surface area contributed by atoms with Crippen LogP contribution in [-0.4, -0.2) is 15.0 Å². The summed E-state index contributed by atoms with van der Waals surface area (Å²) in [6.45, 7) is 0. The molecule has 0 aliphatic carbocycles. The number of nitrogens with zero attached hydrogens (tertiary/aromatic N) is 3. The van der Waals surface area contributed by atoms with Gasteiger partial charge in [0.2, 0.25) is 0 Å². The van der Waals surface area contributed by atoms with Gasteiger partial charge in [0.25, 0.3) is 0 Å². The zero-order chi connectivity index (χ0) is 35.1. The molecule has 0 bridgehead atoms. The summed E-state index contributed by atoms with van der Waals surface area (Å²) < 4.78 is 6.38. The zero-order valence-corrected chi connectivity index (χ0v) is 28.6. The van der Waals surface area contributed by atoms with Crippen molar-refractivity contribution in [1.29, 1.82) is 0 Å². The molecule has 4 nitrogen and oxygen atoms in total. The van der Waals surface area contributed by atoms with Crippen molar-refractivity contribution in [3.05, 3.63) is 188 Å². The Morgan fingerprint density at radius 2 is 0.811 bits per heavy atom. The summed E-state index contributed by atoms with van der Waals surface area (Å²) in [5, 5.41) is 4.52. The minimum absolute atomic E-state index is 0.616. The number of aromatic nitrogens is 3. The molecule has 2 aromatic heterocycles. The summed E-state index contributed by atoms with van der Waals surface area (Å²) >= 11 is 0. The van der Waals surface area contributed by atoms with E-state index >= 15 is 0 Å². The number of benzene rings is 8. The van der Waals surface area contributed by atoms with E-state index in [4.69, 9.17) is 19.4 Å². The Bertz CT molecular complexity index is 2940.